The van der Waals surface area contributed by atoms with Crippen LogP contribution in [0, 0.1) is 21.7 Å². The van der Waals surface area contributed by atoms with E-state index in [1.54, 1.807) is 0 Å². The molecule has 1 amide bonds. The second-order valence-electron chi connectivity index (χ2n) is 5.67. The Morgan fingerprint density at radius 1 is 1.12 bits per heavy atom. The van der Waals surface area contributed by atoms with Crippen LogP contribution in [0.5, 0.6) is 0 Å². The number of carbonyl (C=O) groups is 1. The van der Waals surface area contributed by atoms with Crippen molar-refractivity contribution in [1.29, 1.82) is 0 Å². The smallest absolute Gasteiger partial charge is 0.270 e. The first kappa shape index (κ1) is 17.7. The Hall–Kier alpha value is -3.07. The van der Waals surface area contributed by atoms with E-state index >= 15 is 0 Å². The lowest BCUT2D eigenvalue weighted by Gasteiger charge is -2.30. The lowest BCUT2D eigenvalue weighted by Crippen LogP contribution is -2.37. The van der Waals surface area contributed by atoms with Gasteiger partial charge in [-0.1, -0.05) is 0 Å². The molecule has 7 nitrogen and oxygen atoms in total. The molecule has 1 aliphatic heterocycles. The van der Waals surface area contributed by atoms with Gasteiger partial charge in [0, 0.05) is 37.0 Å². The van der Waals surface area contributed by atoms with Gasteiger partial charge >= 0.3 is 0 Å². The predicted molar refractivity (Wildman–Crippen MR) is 90.4 cm³/mol. The lowest BCUT2D eigenvalue weighted by atomic mass is 10.1. The molecule has 2 aromatic carbocycles. The molecule has 0 bridgehead atoms. The summed E-state index contributed by atoms with van der Waals surface area (Å²) in [4.78, 5) is 25.0. The number of hydrogen-bond acceptors (Lipinski definition) is 5. The second-order valence-corrected chi connectivity index (χ2v) is 5.67. The van der Waals surface area contributed by atoms with E-state index in [9.17, 15) is 23.7 Å². The van der Waals surface area contributed by atoms with Crippen molar-refractivity contribution >= 4 is 23.0 Å². The molecular formula is C17H15F2N3O4. The topological polar surface area (TPSA) is 84.7 Å². The van der Waals surface area contributed by atoms with Gasteiger partial charge in [-0.25, -0.2) is 8.78 Å². The Kier molecular flexibility index (Phi) is 5.08. The van der Waals surface area contributed by atoms with Crippen LogP contribution in [0.25, 0.3) is 0 Å². The molecule has 0 aliphatic carbocycles. The van der Waals surface area contributed by atoms with Crippen LogP contribution in [0.15, 0.2) is 36.4 Å². The summed E-state index contributed by atoms with van der Waals surface area (Å²) in [5, 5.41) is 13.4. The van der Waals surface area contributed by atoms with Crippen LogP contribution >= 0.6 is 0 Å². The van der Waals surface area contributed by atoms with Crippen molar-refractivity contribution in [2.75, 3.05) is 36.5 Å². The molecule has 1 saturated heterocycles. The number of non-ortho nitro benzene ring substituents is 1. The molecule has 1 aliphatic rings. The summed E-state index contributed by atoms with van der Waals surface area (Å²) >= 11 is 0. The number of carbonyl (C=O) groups excluding carboxylic acids is 1. The molecule has 2 aromatic rings. The van der Waals surface area contributed by atoms with Crippen molar-refractivity contribution in [3.63, 3.8) is 0 Å². The second kappa shape index (κ2) is 7.44. The summed E-state index contributed by atoms with van der Waals surface area (Å²) < 4.78 is 31.9. The third-order valence-corrected chi connectivity index (χ3v) is 3.91. The fourth-order valence-corrected chi connectivity index (χ4v) is 2.72. The number of nitro groups is 1. The van der Waals surface area contributed by atoms with E-state index in [-0.39, 0.29) is 16.9 Å². The van der Waals surface area contributed by atoms with Crippen molar-refractivity contribution < 1.29 is 23.2 Å². The molecule has 1 heterocycles. The summed E-state index contributed by atoms with van der Waals surface area (Å²) in [6.45, 7) is 1.97. The number of benzene rings is 2. The van der Waals surface area contributed by atoms with Crippen molar-refractivity contribution in [2.24, 2.45) is 0 Å². The number of morpholine rings is 1. The molecule has 0 unspecified atom stereocenters. The zero-order valence-corrected chi connectivity index (χ0v) is 13.6. The third kappa shape index (κ3) is 3.94. The van der Waals surface area contributed by atoms with Crippen LogP contribution in [0.3, 0.4) is 0 Å². The molecule has 0 atom stereocenters. The number of ether oxygens (including phenoxy) is 1. The number of hydrogen-bond donors (Lipinski definition) is 1. The van der Waals surface area contributed by atoms with Gasteiger partial charge in [0.05, 0.1) is 29.4 Å². The van der Waals surface area contributed by atoms with Crippen molar-refractivity contribution in [1.82, 2.24) is 0 Å². The Bertz CT molecular complexity index is 834. The molecule has 136 valence electrons. The molecule has 3 rings (SSSR count). The molecule has 1 fully saturated rings. The number of amides is 1. The summed E-state index contributed by atoms with van der Waals surface area (Å²) in [7, 11) is 0. The number of halogens is 2. The molecule has 0 spiro atoms. The molecule has 9 heteroatoms. The molecule has 0 saturated carbocycles. The van der Waals surface area contributed by atoms with Gasteiger partial charge in [0.2, 0.25) is 0 Å². The van der Waals surface area contributed by atoms with E-state index in [1.807, 2.05) is 4.90 Å². The Balaban J connectivity index is 1.95. The maximum absolute atomic E-state index is 13.3. The minimum absolute atomic E-state index is 0.0470. The molecule has 26 heavy (non-hydrogen) atoms. The van der Waals surface area contributed by atoms with E-state index in [0.29, 0.717) is 38.1 Å². The van der Waals surface area contributed by atoms with E-state index in [0.717, 1.165) is 18.2 Å². The number of nitrogens with zero attached hydrogens (tertiary/aromatic N) is 2. The van der Waals surface area contributed by atoms with Crippen LogP contribution in [-0.4, -0.2) is 37.1 Å². The van der Waals surface area contributed by atoms with Gasteiger partial charge in [0.15, 0.2) is 0 Å². The minimum Gasteiger partial charge on any atom is -0.378 e. The van der Waals surface area contributed by atoms with Crippen LogP contribution in [0.4, 0.5) is 25.8 Å². The monoisotopic (exact) mass is 363 g/mol. The number of nitro benzene ring substituents is 1. The van der Waals surface area contributed by atoms with Gasteiger partial charge in [-0.2, -0.15) is 0 Å². The lowest BCUT2D eigenvalue weighted by molar-refractivity contribution is -0.384. The normalized spacial score (nSPS) is 14.2. The van der Waals surface area contributed by atoms with Crippen molar-refractivity contribution in [3.8, 4) is 0 Å². The number of rotatable bonds is 4. The van der Waals surface area contributed by atoms with Gasteiger partial charge in [0.1, 0.15) is 11.6 Å². The molecule has 1 N–H and O–H groups in total. The Morgan fingerprint density at radius 3 is 2.38 bits per heavy atom. The van der Waals surface area contributed by atoms with Crippen LogP contribution < -0.4 is 10.2 Å². The predicted octanol–water partition coefficient (Wildman–Crippen LogP) is 2.96. The quantitative estimate of drug-likeness (QED) is 0.667. The van der Waals surface area contributed by atoms with E-state index in [4.69, 9.17) is 4.74 Å². The first-order chi connectivity index (χ1) is 12.4. The zero-order chi connectivity index (χ0) is 18.7. The van der Waals surface area contributed by atoms with Gasteiger partial charge in [-0.15, -0.1) is 0 Å². The van der Waals surface area contributed by atoms with Crippen molar-refractivity contribution in [3.05, 3.63) is 63.7 Å². The van der Waals surface area contributed by atoms with Crippen LogP contribution in [0.1, 0.15) is 10.4 Å². The van der Waals surface area contributed by atoms with Crippen LogP contribution in [0.2, 0.25) is 0 Å². The minimum atomic E-state index is -0.840. The highest BCUT2D eigenvalue weighted by Crippen LogP contribution is 2.27. The zero-order valence-electron chi connectivity index (χ0n) is 13.6. The molecular weight excluding hydrogens is 348 g/mol. The van der Waals surface area contributed by atoms with Crippen LogP contribution in [-0.2, 0) is 4.74 Å². The number of anilines is 2. The molecule has 0 radical (unpaired) electrons. The standard InChI is InChI=1S/C17H15F2N3O4/c18-11-7-12(19)9-13(8-11)20-17(23)15-10-14(22(24)25)1-2-16(15)21-3-5-26-6-4-21/h1-2,7-10H,3-6H2,(H,20,23). The van der Waals surface area contributed by atoms with E-state index in [2.05, 4.69) is 5.32 Å². The summed E-state index contributed by atoms with van der Waals surface area (Å²) in [5.41, 5.74) is 0.212. The van der Waals surface area contributed by atoms with E-state index < -0.39 is 22.5 Å². The highest BCUT2D eigenvalue weighted by molar-refractivity contribution is 6.08. The first-order valence-electron chi connectivity index (χ1n) is 7.82. The Labute approximate surface area is 147 Å². The average Bonchev–Trinajstić information content (AvgIpc) is 2.61. The van der Waals surface area contributed by atoms with Gasteiger partial charge in [-0.05, 0) is 18.2 Å². The fourth-order valence-electron chi connectivity index (χ4n) is 2.72. The largest absolute Gasteiger partial charge is 0.378 e. The van der Waals surface area contributed by atoms with Crippen molar-refractivity contribution in [2.45, 2.75) is 0 Å². The maximum atomic E-state index is 13.3. The Morgan fingerprint density at radius 2 is 1.77 bits per heavy atom. The van der Waals surface area contributed by atoms with E-state index in [1.165, 1.54) is 12.1 Å². The fraction of sp³-hybridized carbons (Fsp3) is 0.235. The number of nitrogens with one attached hydrogen (secondary N) is 1. The summed E-state index contributed by atoms with van der Waals surface area (Å²) in [6, 6.07) is 6.56. The van der Waals surface area contributed by atoms with Gasteiger partial charge in [0.25, 0.3) is 11.6 Å². The SMILES string of the molecule is O=C(Nc1cc(F)cc(F)c1)c1cc([N+](=O)[O-])ccc1N1CCOCC1. The summed E-state index contributed by atoms with van der Waals surface area (Å²) in [5.74, 6) is -2.37. The maximum Gasteiger partial charge on any atom is 0.270 e. The van der Waals surface area contributed by atoms with Gasteiger partial charge < -0.3 is 15.0 Å². The molecule has 0 aromatic heterocycles. The first-order valence-corrected chi connectivity index (χ1v) is 7.82. The highest BCUT2D eigenvalue weighted by atomic mass is 19.1. The summed E-state index contributed by atoms with van der Waals surface area (Å²) in [6.07, 6.45) is 0. The van der Waals surface area contributed by atoms with Gasteiger partial charge in [-0.3, -0.25) is 14.9 Å². The third-order valence-electron chi connectivity index (χ3n) is 3.91. The average molecular weight is 363 g/mol. The highest BCUT2D eigenvalue weighted by Gasteiger charge is 2.22.